The van der Waals surface area contributed by atoms with E-state index < -0.39 is 11.5 Å². The average molecular weight is 372 g/mol. The van der Waals surface area contributed by atoms with Crippen LogP contribution in [0.4, 0.5) is 0 Å². The maximum absolute atomic E-state index is 12.9. The summed E-state index contributed by atoms with van der Waals surface area (Å²) in [5.74, 6) is 1.11. The van der Waals surface area contributed by atoms with Crippen molar-refractivity contribution in [3.8, 4) is 11.5 Å². The van der Waals surface area contributed by atoms with E-state index in [0.29, 0.717) is 43.3 Å². The summed E-state index contributed by atoms with van der Waals surface area (Å²) in [5, 5.41) is 20.3. The third-order valence-electron chi connectivity index (χ3n) is 5.53. The molecular weight excluding hydrogens is 344 g/mol. The van der Waals surface area contributed by atoms with E-state index in [4.69, 9.17) is 4.42 Å². The lowest BCUT2D eigenvalue weighted by atomic mass is 9.74. The number of aliphatic hydroxyl groups excluding tert-OH is 2. The summed E-state index contributed by atoms with van der Waals surface area (Å²) in [7, 11) is 0. The minimum Gasteiger partial charge on any atom is -0.441 e. The lowest BCUT2D eigenvalue weighted by Crippen LogP contribution is -2.55. The van der Waals surface area contributed by atoms with Crippen molar-refractivity contribution >= 4 is 5.91 Å². The molecule has 1 aromatic heterocycles. The second kappa shape index (κ2) is 8.23. The average Bonchev–Trinajstić information content (AvgIpc) is 3.05. The molecule has 1 aliphatic rings. The van der Waals surface area contributed by atoms with Crippen LogP contribution < -0.4 is 0 Å². The van der Waals surface area contributed by atoms with Crippen molar-refractivity contribution in [2.24, 2.45) is 5.41 Å². The Kier molecular flexibility index (Phi) is 5.97. The highest BCUT2D eigenvalue weighted by Gasteiger charge is 2.43. The quantitative estimate of drug-likeness (QED) is 0.814. The summed E-state index contributed by atoms with van der Waals surface area (Å²) < 4.78 is 5.74. The lowest BCUT2D eigenvalue weighted by Gasteiger charge is -2.45. The molecule has 1 fully saturated rings. The van der Waals surface area contributed by atoms with Gasteiger partial charge in [0.1, 0.15) is 5.76 Å². The van der Waals surface area contributed by atoms with Crippen molar-refractivity contribution in [1.82, 2.24) is 9.88 Å². The molecule has 0 saturated carbocycles. The van der Waals surface area contributed by atoms with Crippen molar-refractivity contribution in [1.29, 1.82) is 0 Å². The number of oxazole rings is 1. The molecule has 0 bridgehead atoms. The minimum absolute atomic E-state index is 0.0492. The molecule has 0 radical (unpaired) electrons. The first-order chi connectivity index (χ1) is 13.0. The fourth-order valence-electron chi connectivity index (χ4n) is 3.89. The molecule has 6 nitrogen and oxygen atoms in total. The monoisotopic (exact) mass is 372 g/mol. The number of aromatic nitrogens is 1. The van der Waals surface area contributed by atoms with Gasteiger partial charge >= 0.3 is 0 Å². The van der Waals surface area contributed by atoms with Gasteiger partial charge in [-0.2, -0.15) is 0 Å². The Morgan fingerprint density at radius 1 is 1.37 bits per heavy atom. The van der Waals surface area contributed by atoms with Gasteiger partial charge in [-0.15, -0.1) is 0 Å². The highest BCUT2D eigenvalue weighted by atomic mass is 16.4. The molecule has 27 heavy (non-hydrogen) atoms. The van der Waals surface area contributed by atoms with Gasteiger partial charge in [0.25, 0.3) is 0 Å². The molecule has 2 atom stereocenters. The third kappa shape index (κ3) is 4.06. The summed E-state index contributed by atoms with van der Waals surface area (Å²) in [6.07, 6.45) is 1.61. The largest absolute Gasteiger partial charge is 0.441 e. The molecule has 2 N–H and O–H groups in total. The number of aliphatic hydroxyl groups is 2. The summed E-state index contributed by atoms with van der Waals surface area (Å²) >= 11 is 0. The molecule has 2 aromatic rings. The zero-order valence-corrected chi connectivity index (χ0v) is 16.0. The molecule has 2 heterocycles. The Morgan fingerprint density at radius 3 is 2.78 bits per heavy atom. The van der Waals surface area contributed by atoms with Gasteiger partial charge in [0, 0.05) is 24.1 Å². The maximum atomic E-state index is 12.9. The van der Waals surface area contributed by atoms with E-state index in [2.05, 4.69) is 4.98 Å². The smallest absolute Gasteiger partial charge is 0.228 e. The van der Waals surface area contributed by atoms with E-state index in [1.54, 1.807) is 4.90 Å². The van der Waals surface area contributed by atoms with Crippen molar-refractivity contribution in [3.05, 3.63) is 41.8 Å². The number of benzene rings is 1. The van der Waals surface area contributed by atoms with Crippen LogP contribution in [-0.4, -0.2) is 51.8 Å². The van der Waals surface area contributed by atoms with Crippen molar-refractivity contribution in [2.75, 3.05) is 19.7 Å². The number of amides is 1. The number of hydrogen-bond acceptors (Lipinski definition) is 5. The number of piperidine rings is 1. The number of carbonyl (C=O) groups excluding carboxylic acids is 1. The first kappa shape index (κ1) is 19.6. The first-order valence-corrected chi connectivity index (χ1v) is 9.57. The number of nitrogens with zero attached hydrogens (tertiary/aromatic N) is 2. The van der Waals surface area contributed by atoms with E-state index >= 15 is 0 Å². The van der Waals surface area contributed by atoms with Gasteiger partial charge < -0.3 is 19.5 Å². The Labute approximate surface area is 159 Å². The Morgan fingerprint density at radius 2 is 2.11 bits per heavy atom. The zero-order chi connectivity index (χ0) is 19.4. The Hall–Kier alpha value is -2.18. The summed E-state index contributed by atoms with van der Waals surface area (Å²) in [6, 6.07) is 9.60. The number of likely N-dealkylation sites (tertiary alicyclic amines) is 1. The van der Waals surface area contributed by atoms with Gasteiger partial charge in [0.15, 0.2) is 0 Å². The van der Waals surface area contributed by atoms with Gasteiger partial charge in [-0.1, -0.05) is 31.5 Å². The van der Waals surface area contributed by atoms with E-state index in [1.807, 2.05) is 44.2 Å². The second-order valence-electron chi connectivity index (χ2n) is 7.45. The van der Waals surface area contributed by atoms with Crippen LogP contribution in [0.5, 0.6) is 0 Å². The second-order valence-corrected chi connectivity index (χ2v) is 7.45. The van der Waals surface area contributed by atoms with Crippen LogP contribution in [-0.2, 0) is 11.2 Å². The Balaban J connectivity index is 1.73. The number of aryl methyl sites for hydroxylation is 1. The maximum Gasteiger partial charge on any atom is 0.228 e. The summed E-state index contributed by atoms with van der Waals surface area (Å²) in [4.78, 5) is 19.1. The van der Waals surface area contributed by atoms with E-state index in [0.717, 1.165) is 12.0 Å². The molecule has 1 aromatic carbocycles. The molecule has 1 saturated heterocycles. The third-order valence-corrected chi connectivity index (χ3v) is 5.53. The number of hydrogen-bond donors (Lipinski definition) is 2. The van der Waals surface area contributed by atoms with Gasteiger partial charge in [0.05, 0.1) is 24.8 Å². The predicted octanol–water partition coefficient (Wildman–Crippen LogP) is 2.56. The molecule has 0 aliphatic carbocycles. The van der Waals surface area contributed by atoms with Gasteiger partial charge in [-0.05, 0) is 31.9 Å². The van der Waals surface area contributed by atoms with Crippen LogP contribution in [0.1, 0.15) is 37.6 Å². The minimum atomic E-state index is -0.628. The highest BCUT2D eigenvalue weighted by molar-refractivity contribution is 5.79. The number of rotatable bonds is 6. The predicted molar refractivity (Wildman–Crippen MR) is 102 cm³/mol. The van der Waals surface area contributed by atoms with E-state index in [-0.39, 0.29) is 18.9 Å². The van der Waals surface area contributed by atoms with Crippen LogP contribution >= 0.6 is 0 Å². The molecule has 6 heteroatoms. The number of carbonyl (C=O) groups is 1. The van der Waals surface area contributed by atoms with E-state index in [1.165, 1.54) is 0 Å². The topological polar surface area (TPSA) is 86.8 Å². The Bertz CT molecular complexity index is 774. The van der Waals surface area contributed by atoms with Gasteiger partial charge in [-0.3, -0.25) is 4.79 Å². The van der Waals surface area contributed by atoms with Gasteiger partial charge in [0.2, 0.25) is 11.8 Å². The summed E-state index contributed by atoms with van der Waals surface area (Å²) in [5.41, 5.74) is 0.884. The molecule has 3 rings (SSSR count). The van der Waals surface area contributed by atoms with Gasteiger partial charge in [-0.25, -0.2) is 4.98 Å². The van der Waals surface area contributed by atoms with Crippen LogP contribution in [0.2, 0.25) is 0 Å². The molecule has 1 amide bonds. The fourth-order valence-corrected chi connectivity index (χ4v) is 3.89. The molecular formula is C21H28N2O4. The fraction of sp³-hybridized carbons (Fsp3) is 0.524. The molecule has 0 unspecified atom stereocenters. The lowest BCUT2D eigenvalue weighted by molar-refractivity contribution is -0.141. The first-order valence-electron chi connectivity index (χ1n) is 9.57. The zero-order valence-electron chi connectivity index (χ0n) is 16.0. The highest BCUT2D eigenvalue weighted by Crippen LogP contribution is 2.35. The normalized spacial score (nSPS) is 22.8. The SMILES string of the molecule is CCC[C@@]1(CO)CN(C(=O)Cc2nc(-c3ccccc3)oc2C)CC[C@@H]1O. The van der Waals surface area contributed by atoms with Crippen molar-refractivity contribution < 1.29 is 19.4 Å². The van der Waals surface area contributed by atoms with E-state index in [9.17, 15) is 15.0 Å². The molecule has 1 aliphatic heterocycles. The standard InChI is InChI=1S/C21H28N2O4/c1-3-10-21(14-24)13-23(11-9-18(21)25)19(26)12-17-15(2)27-20(22-17)16-7-5-4-6-8-16/h4-8,18,24-25H,3,9-14H2,1-2H3/t18-,21-/m0/s1. The molecule has 146 valence electrons. The van der Waals surface area contributed by atoms with Crippen LogP contribution in [0.15, 0.2) is 34.7 Å². The van der Waals surface area contributed by atoms with Crippen LogP contribution in [0.25, 0.3) is 11.5 Å². The molecule has 0 spiro atoms. The van der Waals surface area contributed by atoms with Crippen LogP contribution in [0, 0.1) is 12.3 Å². The summed E-state index contributed by atoms with van der Waals surface area (Å²) in [6.45, 7) is 4.59. The van der Waals surface area contributed by atoms with Crippen LogP contribution in [0.3, 0.4) is 0 Å². The van der Waals surface area contributed by atoms with Crippen molar-refractivity contribution in [3.63, 3.8) is 0 Å². The van der Waals surface area contributed by atoms with Crippen molar-refractivity contribution in [2.45, 2.75) is 45.6 Å².